The lowest BCUT2D eigenvalue weighted by Gasteiger charge is -2.17. The van der Waals surface area contributed by atoms with Crippen LogP contribution in [0.5, 0.6) is 0 Å². The fourth-order valence-corrected chi connectivity index (χ4v) is 3.51. The number of hydrogen-bond acceptors (Lipinski definition) is 4. The van der Waals surface area contributed by atoms with Gasteiger partial charge in [0.15, 0.2) is 0 Å². The minimum Gasteiger partial charge on any atom is -0.372 e. The Balaban J connectivity index is 2.29. The minimum absolute atomic E-state index is 0.0767. The molecule has 1 fully saturated rings. The third-order valence-electron chi connectivity index (χ3n) is 3.87. The molecule has 2 rings (SSSR count). The number of hydrogen-bond donors (Lipinski definition) is 0. The van der Waals surface area contributed by atoms with Crippen molar-refractivity contribution in [2.75, 3.05) is 0 Å². The molecule has 1 unspecified atom stereocenters. The van der Waals surface area contributed by atoms with E-state index in [4.69, 9.17) is 15.4 Å². The summed E-state index contributed by atoms with van der Waals surface area (Å²) in [5, 5.41) is 4.24. The number of rotatable bonds is 6. The Labute approximate surface area is 124 Å². The van der Waals surface area contributed by atoms with E-state index < -0.39 is 9.05 Å². The van der Waals surface area contributed by atoms with E-state index in [2.05, 4.69) is 5.10 Å². The molecule has 7 heteroatoms. The summed E-state index contributed by atoms with van der Waals surface area (Å²) in [7, 11) is 1.71. The molecule has 20 heavy (non-hydrogen) atoms. The molecule has 1 heterocycles. The smallest absolute Gasteiger partial charge is 0.264 e. The third kappa shape index (κ3) is 3.54. The van der Waals surface area contributed by atoms with Gasteiger partial charge in [0.1, 0.15) is 4.90 Å². The zero-order valence-electron chi connectivity index (χ0n) is 11.9. The maximum atomic E-state index is 11.7. The fraction of sp³-hybridized carbons (Fsp3) is 0.769. The number of halogens is 1. The summed E-state index contributed by atoms with van der Waals surface area (Å²) in [6, 6.07) is 0.262. The van der Waals surface area contributed by atoms with Crippen LogP contribution in [0.1, 0.15) is 57.7 Å². The topological polar surface area (TPSA) is 61.2 Å². The summed E-state index contributed by atoms with van der Waals surface area (Å²) >= 11 is 0. The van der Waals surface area contributed by atoms with Crippen LogP contribution in [-0.4, -0.2) is 24.3 Å². The summed E-state index contributed by atoms with van der Waals surface area (Å²) < 4.78 is 30.8. The average molecular weight is 321 g/mol. The van der Waals surface area contributed by atoms with E-state index in [1.807, 2.05) is 13.8 Å². The third-order valence-corrected chi connectivity index (χ3v) is 5.24. The van der Waals surface area contributed by atoms with E-state index in [1.165, 1.54) is 6.20 Å². The summed E-state index contributed by atoms with van der Waals surface area (Å²) in [6.07, 6.45) is 6.65. The summed E-state index contributed by atoms with van der Waals surface area (Å²) in [5.41, 5.74) is 0.576. The molecule has 1 aromatic rings. The predicted octanol–water partition coefficient (Wildman–Crippen LogP) is 3.24. The molecule has 1 aliphatic carbocycles. The molecule has 0 N–H and O–H groups in total. The minimum atomic E-state index is -3.79. The van der Waals surface area contributed by atoms with Gasteiger partial charge < -0.3 is 4.74 Å². The molecule has 0 amide bonds. The van der Waals surface area contributed by atoms with Crippen molar-refractivity contribution in [3.8, 4) is 0 Å². The van der Waals surface area contributed by atoms with Gasteiger partial charge in [0, 0.05) is 10.7 Å². The number of ether oxygens (including phenoxy) is 1. The maximum absolute atomic E-state index is 11.7. The Hall–Kier alpha value is -0.590. The zero-order valence-corrected chi connectivity index (χ0v) is 13.5. The maximum Gasteiger partial charge on any atom is 0.264 e. The van der Waals surface area contributed by atoms with Crippen molar-refractivity contribution in [1.82, 2.24) is 9.78 Å². The molecule has 1 aliphatic rings. The first-order valence-corrected chi connectivity index (χ1v) is 9.37. The van der Waals surface area contributed by atoms with Crippen LogP contribution in [0.2, 0.25) is 0 Å². The molecular formula is C13H21ClN2O3S. The van der Waals surface area contributed by atoms with Gasteiger partial charge >= 0.3 is 0 Å². The molecule has 0 aromatic carbocycles. The van der Waals surface area contributed by atoms with E-state index >= 15 is 0 Å². The lowest BCUT2D eigenvalue weighted by molar-refractivity contribution is 0.0445. The lowest BCUT2D eigenvalue weighted by atomic mass is 10.2. The van der Waals surface area contributed by atoms with Gasteiger partial charge in [-0.3, -0.25) is 4.68 Å². The van der Waals surface area contributed by atoms with Gasteiger partial charge in [0.25, 0.3) is 9.05 Å². The first kappa shape index (κ1) is 15.8. The van der Waals surface area contributed by atoms with Crippen LogP contribution in [0.3, 0.4) is 0 Å². The second kappa shape index (κ2) is 6.45. The molecule has 114 valence electrons. The Morgan fingerprint density at radius 2 is 2.15 bits per heavy atom. The number of aromatic nitrogens is 2. The van der Waals surface area contributed by atoms with Gasteiger partial charge in [-0.2, -0.15) is 5.10 Å². The van der Waals surface area contributed by atoms with E-state index in [0.29, 0.717) is 5.69 Å². The van der Waals surface area contributed by atoms with Crippen LogP contribution in [0.4, 0.5) is 0 Å². The SMILES string of the molecule is CCC(C)OCc1c(S(=O)(=O)Cl)cnn1C1CCCC1. The van der Waals surface area contributed by atoms with E-state index in [0.717, 1.165) is 32.1 Å². The number of nitrogens with zero attached hydrogens (tertiary/aromatic N) is 2. The van der Waals surface area contributed by atoms with Crippen molar-refractivity contribution in [3.05, 3.63) is 11.9 Å². The Bertz CT molecular complexity index is 550. The van der Waals surface area contributed by atoms with Gasteiger partial charge in [-0.15, -0.1) is 0 Å². The van der Waals surface area contributed by atoms with E-state index in [9.17, 15) is 8.42 Å². The molecule has 1 atom stereocenters. The highest BCUT2D eigenvalue weighted by Crippen LogP contribution is 2.32. The van der Waals surface area contributed by atoms with E-state index in [-0.39, 0.29) is 23.6 Å². The quantitative estimate of drug-likeness (QED) is 0.755. The Kier molecular flexibility index (Phi) is 5.09. The van der Waals surface area contributed by atoms with Crippen LogP contribution in [0, 0.1) is 0 Å². The van der Waals surface area contributed by atoms with Gasteiger partial charge in [0.05, 0.1) is 30.6 Å². The van der Waals surface area contributed by atoms with Crippen molar-refractivity contribution >= 4 is 19.7 Å². The lowest BCUT2D eigenvalue weighted by Crippen LogP contribution is -2.15. The fourth-order valence-electron chi connectivity index (χ4n) is 2.52. The van der Waals surface area contributed by atoms with Crippen molar-refractivity contribution < 1.29 is 13.2 Å². The molecule has 0 spiro atoms. The summed E-state index contributed by atoms with van der Waals surface area (Å²) in [5.74, 6) is 0. The average Bonchev–Trinajstić information content (AvgIpc) is 3.02. The highest BCUT2D eigenvalue weighted by molar-refractivity contribution is 8.13. The van der Waals surface area contributed by atoms with Gasteiger partial charge in [-0.05, 0) is 26.2 Å². The molecule has 0 saturated heterocycles. The van der Waals surface area contributed by atoms with Gasteiger partial charge in [0.2, 0.25) is 0 Å². The normalized spacial score (nSPS) is 18.6. The first-order valence-electron chi connectivity index (χ1n) is 7.06. The monoisotopic (exact) mass is 320 g/mol. The molecule has 0 bridgehead atoms. The van der Waals surface area contributed by atoms with E-state index in [1.54, 1.807) is 4.68 Å². The molecule has 1 saturated carbocycles. The van der Waals surface area contributed by atoms with Crippen molar-refractivity contribution in [2.24, 2.45) is 0 Å². The van der Waals surface area contributed by atoms with Crippen LogP contribution in [0.15, 0.2) is 11.1 Å². The highest BCUT2D eigenvalue weighted by atomic mass is 35.7. The molecule has 1 aromatic heterocycles. The van der Waals surface area contributed by atoms with Crippen LogP contribution in [-0.2, 0) is 20.4 Å². The van der Waals surface area contributed by atoms with Crippen LogP contribution >= 0.6 is 10.7 Å². The first-order chi connectivity index (χ1) is 9.43. The zero-order chi connectivity index (χ0) is 14.8. The van der Waals surface area contributed by atoms with Gasteiger partial charge in [-0.25, -0.2) is 8.42 Å². The summed E-state index contributed by atoms with van der Waals surface area (Å²) in [4.78, 5) is 0.0781. The van der Waals surface area contributed by atoms with Crippen LogP contribution in [0.25, 0.3) is 0 Å². The molecular weight excluding hydrogens is 300 g/mol. The largest absolute Gasteiger partial charge is 0.372 e. The van der Waals surface area contributed by atoms with Crippen molar-refractivity contribution in [2.45, 2.75) is 69.6 Å². The van der Waals surface area contributed by atoms with Gasteiger partial charge in [-0.1, -0.05) is 19.8 Å². The molecule has 0 radical (unpaired) electrons. The second-order valence-corrected chi connectivity index (χ2v) is 7.84. The Morgan fingerprint density at radius 3 is 2.70 bits per heavy atom. The highest BCUT2D eigenvalue weighted by Gasteiger charge is 2.27. The molecule has 5 nitrogen and oxygen atoms in total. The van der Waals surface area contributed by atoms with Crippen LogP contribution < -0.4 is 0 Å². The van der Waals surface area contributed by atoms with Crippen molar-refractivity contribution in [1.29, 1.82) is 0 Å². The molecule has 0 aliphatic heterocycles. The predicted molar refractivity (Wildman–Crippen MR) is 77.3 cm³/mol. The summed E-state index contributed by atoms with van der Waals surface area (Å²) in [6.45, 7) is 4.22. The second-order valence-electron chi connectivity index (χ2n) is 5.31. The van der Waals surface area contributed by atoms with Crippen molar-refractivity contribution in [3.63, 3.8) is 0 Å². The standard InChI is InChI=1S/C13H21ClN2O3S/c1-3-10(2)19-9-12-13(20(14,17)18)8-15-16(12)11-6-4-5-7-11/h8,10-11H,3-7,9H2,1-2H3. The Morgan fingerprint density at radius 1 is 1.50 bits per heavy atom.